The molecule has 0 N–H and O–H groups in total. The minimum absolute atomic E-state index is 0.0252. The summed E-state index contributed by atoms with van der Waals surface area (Å²) in [5.41, 5.74) is 3.37. The Morgan fingerprint density at radius 2 is 1.48 bits per heavy atom. The molecule has 0 fully saturated rings. The topological polar surface area (TPSA) is 67.0 Å². The minimum Gasteiger partial charge on any atom is -0.284 e. The van der Waals surface area contributed by atoms with Gasteiger partial charge in [0.15, 0.2) is 0 Å². The van der Waals surface area contributed by atoms with E-state index in [0.29, 0.717) is 15.9 Å². The van der Waals surface area contributed by atoms with Gasteiger partial charge in [-0.2, -0.15) is 5.10 Å². The van der Waals surface area contributed by atoms with E-state index in [-0.39, 0.29) is 24.2 Å². The summed E-state index contributed by atoms with van der Waals surface area (Å²) in [6, 6.07) is 22.7. The molecule has 0 spiro atoms. The van der Waals surface area contributed by atoms with Crippen LogP contribution in [-0.2, 0) is 0 Å². The van der Waals surface area contributed by atoms with Crippen LogP contribution in [0.15, 0.2) is 94.4 Å². The van der Waals surface area contributed by atoms with Crippen LogP contribution in [-0.4, -0.2) is 34.0 Å². The number of carbonyl (C=O) groups excluding carboxylic acids is 2. The van der Waals surface area contributed by atoms with E-state index < -0.39 is 0 Å². The van der Waals surface area contributed by atoms with Gasteiger partial charge in [0.25, 0.3) is 11.8 Å². The molecule has 1 aromatic heterocycles. The maximum Gasteiger partial charge on any atom is 0.261 e. The number of hydrogen-bond acceptors (Lipinski definition) is 5. The molecule has 1 aliphatic heterocycles. The van der Waals surface area contributed by atoms with Gasteiger partial charge < -0.3 is 0 Å². The standard InChI is InChI=1S/C25H17FN4O2S/c26-18-12-10-17(11-13-18)22-16-33-25(30(22)19-6-2-1-3-7-19)28-27-14-15-29-23(31)20-8-4-5-9-21(20)24(29)32/h1-14,16H,15H2/b27-14+,28-25-. The highest BCUT2D eigenvalue weighted by molar-refractivity contribution is 7.07. The normalized spacial score (nSPS) is 13.8. The minimum atomic E-state index is -0.337. The molecular formula is C25H17FN4O2S. The number of imide groups is 1. The van der Waals surface area contributed by atoms with Gasteiger partial charge in [-0.15, -0.1) is 16.4 Å². The molecule has 1 aliphatic rings. The molecule has 4 aromatic rings. The highest BCUT2D eigenvalue weighted by Crippen LogP contribution is 2.24. The summed E-state index contributed by atoms with van der Waals surface area (Å²) in [6.07, 6.45) is 1.44. The molecule has 0 saturated heterocycles. The Kier molecular flexibility index (Phi) is 5.50. The summed E-state index contributed by atoms with van der Waals surface area (Å²) in [5.74, 6) is -0.977. The van der Waals surface area contributed by atoms with E-state index in [1.54, 1.807) is 36.4 Å². The summed E-state index contributed by atoms with van der Waals surface area (Å²) < 4.78 is 15.3. The molecule has 0 saturated carbocycles. The zero-order valence-electron chi connectivity index (χ0n) is 17.3. The first-order valence-electron chi connectivity index (χ1n) is 10.2. The Morgan fingerprint density at radius 3 is 2.15 bits per heavy atom. The summed E-state index contributed by atoms with van der Waals surface area (Å²) >= 11 is 1.38. The summed E-state index contributed by atoms with van der Waals surface area (Å²) in [6.45, 7) is 0.0252. The zero-order valence-corrected chi connectivity index (χ0v) is 18.1. The lowest BCUT2D eigenvalue weighted by Crippen LogP contribution is -2.31. The van der Waals surface area contributed by atoms with Crippen LogP contribution in [0, 0.1) is 5.82 Å². The molecule has 0 radical (unpaired) electrons. The van der Waals surface area contributed by atoms with E-state index in [2.05, 4.69) is 10.2 Å². The summed E-state index contributed by atoms with van der Waals surface area (Å²) in [4.78, 5) is 26.7. The summed E-state index contributed by atoms with van der Waals surface area (Å²) in [5, 5.41) is 10.4. The number of hydrogen-bond donors (Lipinski definition) is 0. The number of benzene rings is 3. The molecule has 0 aliphatic carbocycles. The molecule has 162 valence electrons. The maximum absolute atomic E-state index is 13.4. The van der Waals surface area contributed by atoms with Crippen molar-refractivity contribution in [3.05, 3.63) is 106 Å². The van der Waals surface area contributed by atoms with Crippen molar-refractivity contribution in [2.24, 2.45) is 10.2 Å². The summed E-state index contributed by atoms with van der Waals surface area (Å²) in [7, 11) is 0. The zero-order chi connectivity index (χ0) is 22.8. The first-order chi connectivity index (χ1) is 16.1. The van der Waals surface area contributed by atoms with Crippen molar-refractivity contribution in [1.82, 2.24) is 9.47 Å². The highest BCUT2D eigenvalue weighted by atomic mass is 32.1. The van der Waals surface area contributed by atoms with Gasteiger partial charge in [-0.25, -0.2) is 4.39 Å². The lowest BCUT2D eigenvalue weighted by molar-refractivity contribution is 0.0679. The fourth-order valence-electron chi connectivity index (χ4n) is 3.64. The molecule has 2 amide bonds. The van der Waals surface area contributed by atoms with Crippen LogP contribution in [0.2, 0.25) is 0 Å². The molecule has 0 unspecified atom stereocenters. The van der Waals surface area contributed by atoms with Crippen molar-refractivity contribution >= 4 is 29.4 Å². The van der Waals surface area contributed by atoms with E-state index in [4.69, 9.17) is 0 Å². The number of halogens is 1. The first kappa shape index (κ1) is 20.7. The molecule has 5 rings (SSSR count). The molecule has 2 heterocycles. The fraction of sp³-hybridized carbons (Fsp3) is 0.0400. The number of nitrogens with zero attached hydrogens (tertiary/aromatic N) is 4. The largest absolute Gasteiger partial charge is 0.284 e. The van der Waals surface area contributed by atoms with Crippen molar-refractivity contribution in [2.75, 3.05) is 6.54 Å². The van der Waals surface area contributed by atoms with Gasteiger partial charge in [0.1, 0.15) is 5.82 Å². The van der Waals surface area contributed by atoms with Gasteiger partial charge in [0.2, 0.25) is 4.80 Å². The Morgan fingerprint density at radius 1 is 0.848 bits per heavy atom. The Labute approximate surface area is 192 Å². The monoisotopic (exact) mass is 456 g/mol. The predicted octanol–water partition coefficient (Wildman–Crippen LogP) is 4.53. The van der Waals surface area contributed by atoms with Gasteiger partial charge in [-0.3, -0.25) is 19.1 Å². The van der Waals surface area contributed by atoms with E-state index in [1.165, 1.54) is 29.7 Å². The van der Waals surface area contributed by atoms with Crippen molar-refractivity contribution in [1.29, 1.82) is 0 Å². The molecular weight excluding hydrogens is 439 g/mol. The Bertz CT molecular complexity index is 1400. The van der Waals surface area contributed by atoms with Gasteiger partial charge >= 0.3 is 0 Å². The molecule has 33 heavy (non-hydrogen) atoms. The van der Waals surface area contributed by atoms with Crippen LogP contribution in [0.4, 0.5) is 4.39 Å². The number of aromatic nitrogens is 1. The molecule has 6 nitrogen and oxygen atoms in total. The van der Waals surface area contributed by atoms with Crippen molar-refractivity contribution in [2.45, 2.75) is 0 Å². The second kappa shape index (κ2) is 8.76. The number of thiazole rings is 1. The molecule has 0 bridgehead atoms. The SMILES string of the molecule is O=C1c2ccccc2C(=O)N1C/C=N/N=c1\scc(-c2ccc(F)cc2)n1-c1ccccc1. The average Bonchev–Trinajstić information content (AvgIpc) is 3.37. The van der Waals surface area contributed by atoms with Crippen LogP contribution in [0.5, 0.6) is 0 Å². The van der Waals surface area contributed by atoms with Gasteiger partial charge in [0.05, 0.1) is 23.4 Å². The second-order valence-electron chi connectivity index (χ2n) is 7.25. The molecule has 8 heteroatoms. The fourth-order valence-corrected chi connectivity index (χ4v) is 4.50. The van der Waals surface area contributed by atoms with Crippen LogP contribution >= 0.6 is 11.3 Å². The van der Waals surface area contributed by atoms with Crippen molar-refractivity contribution < 1.29 is 14.0 Å². The highest BCUT2D eigenvalue weighted by Gasteiger charge is 2.34. The number of amides is 2. The third kappa shape index (κ3) is 3.92. The van der Waals surface area contributed by atoms with Crippen LogP contribution in [0.1, 0.15) is 20.7 Å². The smallest absolute Gasteiger partial charge is 0.261 e. The van der Waals surface area contributed by atoms with Crippen LogP contribution in [0.25, 0.3) is 16.9 Å². The van der Waals surface area contributed by atoms with Gasteiger partial charge in [0, 0.05) is 17.3 Å². The number of rotatable bonds is 5. The van der Waals surface area contributed by atoms with Gasteiger partial charge in [-0.1, -0.05) is 30.3 Å². The molecule has 3 aromatic carbocycles. The van der Waals surface area contributed by atoms with Crippen LogP contribution < -0.4 is 4.80 Å². The van der Waals surface area contributed by atoms with E-state index in [9.17, 15) is 14.0 Å². The second-order valence-corrected chi connectivity index (χ2v) is 8.08. The lowest BCUT2D eigenvalue weighted by Gasteiger charge is -2.09. The first-order valence-corrected chi connectivity index (χ1v) is 11.0. The molecule has 0 atom stereocenters. The average molecular weight is 457 g/mol. The number of para-hydroxylation sites is 1. The quantitative estimate of drug-likeness (QED) is 0.252. The van der Waals surface area contributed by atoms with Crippen molar-refractivity contribution in [3.63, 3.8) is 0 Å². The Hall–Kier alpha value is -4.17. The third-order valence-corrected chi connectivity index (χ3v) is 6.05. The van der Waals surface area contributed by atoms with Crippen molar-refractivity contribution in [3.8, 4) is 16.9 Å². The van der Waals surface area contributed by atoms with E-state index >= 15 is 0 Å². The Balaban J connectivity index is 1.45. The maximum atomic E-state index is 13.4. The third-order valence-electron chi connectivity index (χ3n) is 5.23. The number of fused-ring (bicyclic) bond motifs is 1. The van der Waals surface area contributed by atoms with Gasteiger partial charge in [-0.05, 0) is 54.1 Å². The predicted molar refractivity (Wildman–Crippen MR) is 125 cm³/mol. The number of carbonyl (C=O) groups is 2. The van der Waals surface area contributed by atoms with E-state index in [0.717, 1.165) is 21.8 Å². The van der Waals surface area contributed by atoms with Crippen LogP contribution in [0.3, 0.4) is 0 Å². The lowest BCUT2D eigenvalue weighted by atomic mass is 10.1. The van der Waals surface area contributed by atoms with E-state index in [1.807, 2.05) is 40.3 Å².